The van der Waals surface area contributed by atoms with E-state index >= 15 is 0 Å². The Bertz CT molecular complexity index is 1070. The van der Waals surface area contributed by atoms with Gasteiger partial charge < -0.3 is 0 Å². The predicted octanol–water partition coefficient (Wildman–Crippen LogP) is 4.33. The van der Waals surface area contributed by atoms with Crippen molar-refractivity contribution in [2.45, 2.75) is 14.4 Å². The molecule has 1 atom stereocenters. The van der Waals surface area contributed by atoms with E-state index < -0.39 is 20.2 Å². The molecule has 3 aromatic rings. The highest BCUT2D eigenvalue weighted by Gasteiger charge is 2.35. The third-order valence-electron chi connectivity index (χ3n) is 3.85. The molecule has 0 aliphatic rings. The van der Waals surface area contributed by atoms with Crippen LogP contribution < -0.4 is 0 Å². The van der Waals surface area contributed by atoms with Crippen LogP contribution in [-0.2, 0) is 9.84 Å². The van der Waals surface area contributed by atoms with Gasteiger partial charge in [-0.1, -0.05) is 60.3 Å². The quantitative estimate of drug-likeness (QED) is 0.460. The van der Waals surface area contributed by atoms with Crippen LogP contribution in [0.3, 0.4) is 0 Å². The van der Waals surface area contributed by atoms with E-state index in [2.05, 4.69) is 0 Å². The summed E-state index contributed by atoms with van der Waals surface area (Å²) in [6, 6.07) is 24.9. The van der Waals surface area contributed by atoms with E-state index in [0.29, 0.717) is 10.5 Å². The Morgan fingerprint density at radius 3 is 1.96 bits per heavy atom. The van der Waals surface area contributed by atoms with Crippen LogP contribution in [0.25, 0.3) is 0 Å². The molecule has 0 bridgehead atoms. The fraction of sp³-hybridized carbons (Fsp3) is 0.0476. The molecule has 0 heterocycles. The molecule has 1 unspecified atom stereocenters. The monoisotopic (exact) mass is 393 g/mol. The summed E-state index contributed by atoms with van der Waals surface area (Å²) in [5.74, 6) is -0.516. The molecule has 0 spiro atoms. The number of benzene rings is 3. The average molecular weight is 393 g/mol. The summed E-state index contributed by atoms with van der Waals surface area (Å²) in [5, 5.41) is 8.91. The fourth-order valence-electron chi connectivity index (χ4n) is 2.46. The first-order valence-corrected chi connectivity index (χ1v) is 10.5. The maximum Gasteiger partial charge on any atom is 0.198 e. The summed E-state index contributed by atoms with van der Waals surface area (Å²) in [7, 11) is -3.91. The van der Waals surface area contributed by atoms with Crippen LogP contribution in [-0.4, -0.2) is 18.8 Å². The second kappa shape index (κ2) is 8.21. The van der Waals surface area contributed by atoms with Gasteiger partial charge in [-0.2, -0.15) is 5.26 Å². The van der Waals surface area contributed by atoms with Crippen LogP contribution in [0, 0.1) is 11.3 Å². The Morgan fingerprint density at radius 1 is 0.852 bits per heavy atom. The lowest BCUT2D eigenvalue weighted by Crippen LogP contribution is -2.27. The van der Waals surface area contributed by atoms with Crippen LogP contribution in [0.1, 0.15) is 15.9 Å². The highest BCUT2D eigenvalue weighted by Crippen LogP contribution is 2.33. The molecule has 3 aromatic carbocycles. The molecule has 0 saturated carbocycles. The Labute approximate surface area is 162 Å². The van der Waals surface area contributed by atoms with E-state index in [1.807, 2.05) is 12.1 Å². The highest BCUT2D eigenvalue weighted by molar-refractivity contribution is 8.14. The molecular formula is C21H15NO3S2. The van der Waals surface area contributed by atoms with E-state index in [-0.39, 0.29) is 10.5 Å². The van der Waals surface area contributed by atoms with Gasteiger partial charge in [-0.3, -0.25) is 4.79 Å². The molecule has 0 aliphatic carbocycles. The Morgan fingerprint density at radius 2 is 1.41 bits per heavy atom. The summed E-state index contributed by atoms with van der Waals surface area (Å²) in [5.41, 5.74) is 0.659. The molecule has 0 saturated heterocycles. The van der Waals surface area contributed by atoms with E-state index in [4.69, 9.17) is 5.26 Å². The molecule has 0 N–H and O–H groups in total. The lowest BCUT2D eigenvalue weighted by Gasteiger charge is -2.17. The van der Waals surface area contributed by atoms with E-state index in [1.54, 1.807) is 42.5 Å². The molecule has 4 nitrogen and oxygen atoms in total. The van der Waals surface area contributed by atoms with Crippen molar-refractivity contribution in [3.05, 3.63) is 96.1 Å². The number of sulfone groups is 1. The van der Waals surface area contributed by atoms with Crippen molar-refractivity contribution in [3.8, 4) is 6.07 Å². The zero-order valence-corrected chi connectivity index (χ0v) is 15.8. The molecule has 134 valence electrons. The number of carbonyl (C=O) groups excluding carboxylic acids is 1. The molecule has 27 heavy (non-hydrogen) atoms. The van der Waals surface area contributed by atoms with Gasteiger partial charge in [-0.15, -0.1) is 0 Å². The summed E-state index contributed by atoms with van der Waals surface area (Å²) < 4.78 is 25.0. The number of nitriles is 1. The minimum atomic E-state index is -3.91. The molecule has 0 aromatic heterocycles. The van der Waals surface area contributed by atoms with Crippen molar-refractivity contribution in [2.24, 2.45) is 0 Å². The van der Waals surface area contributed by atoms with Crippen molar-refractivity contribution in [1.82, 2.24) is 0 Å². The van der Waals surface area contributed by atoms with Crippen LogP contribution >= 0.6 is 11.8 Å². The number of ketones is 1. The number of nitrogens with zero attached hydrogens (tertiary/aromatic N) is 1. The van der Waals surface area contributed by atoms with Gasteiger partial charge in [0, 0.05) is 10.5 Å². The lowest BCUT2D eigenvalue weighted by molar-refractivity contribution is 0.101. The number of hydrogen-bond acceptors (Lipinski definition) is 5. The fourth-order valence-corrected chi connectivity index (χ4v) is 5.64. The second-order valence-corrected chi connectivity index (χ2v) is 9.18. The zero-order chi connectivity index (χ0) is 19.3. The van der Waals surface area contributed by atoms with Crippen LogP contribution in [0.5, 0.6) is 0 Å². The van der Waals surface area contributed by atoms with Crippen LogP contribution in [0.4, 0.5) is 0 Å². The van der Waals surface area contributed by atoms with Gasteiger partial charge in [0.05, 0.1) is 16.5 Å². The van der Waals surface area contributed by atoms with E-state index in [0.717, 1.165) is 11.8 Å². The van der Waals surface area contributed by atoms with Gasteiger partial charge in [0.2, 0.25) is 0 Å². The van der Waals surface area contributed by atoms with E-state index in [9.17, 15) is 13.2 Å². The van der Waals surface area contributed by atoms with Crippen molar-refractivity contribution in [1.29, 1.82) is 5.26 Å². The highest BCUT2D eigenvalue weighted by atomic mass is 32.3. The maximum absolute atomic E-state index is 13.2. The lowest BCUT2D eigenvalue weighted by atomic mass is 10.1. The summed E-state index contributed by atoms with van der Waals surface area (Å²) in [6.45, 7) is 0. The average Bonchev–Trinajstić information content (AvgIpc) is 2.73. The molecule has 0 fully saturated rings. The molecule has 6 heteroatoms. The Hall–Kier alpha value is -2.88. The number of thioether (sulfide) groups is 1. The molecular weight excluding hydrogens is 378 g/mol. The first kappa shape index (κ1) is 18.9. The maximum atomic E-state index is 13.2. The van der Waals surface area contributed by atoms with Crippen LogP contribution in [0.2, 0.25) is 0 Å². The predicted molar refractivity (Wildman–Crippen MR) is 105 cm³/mol. The normalized spacial score (nSPS) is 12.1. The van der Waals surface area contributed by atoms with Crippen molar-refractivity contribution in [3.63, 3.8) is 0 Å². The number of hydrogen-bond donors (Lipinski definition) is 0. The standard InChI is InChI=1S/C21H15NO3S2/c22-15-16-11-13-17(14-12-16)20(23)21(26-18-7-3-1-4-8-18)27(24,25)19-9-5-2-6-10-19/h1-14,21H. The van der Waals surface area contributed by atoms with Crippen molar-refractivity contribution >= 4 is 27.4 Å². The topological polar surface area (TPSA) is 75.0 Å². The second-order valence-electron chi connectivity index (χ2n) is 5.67. The van der Waals surface area contributed by atoms with Gasteiger partial charge in [-0.05, 0) is 36.4 Å². The first-order chi connectivity index (χ1) is 13.0. The Kier molecular flexibility index (Phi) is 5.75. The largest absolute Gasteiger partial charge is 0.292 e. The minimum Gasteiger partial charge on any atom is -0.292 e. The van der Waals surface area contributed by atoms with Gasteiger partial charge in [0.15, 0.2) is 20.2 Å². The molecule has 3 rings (SSSR count). The summed E-state index contributed by atoms with van der Waals surface area (Å²) in [6.07, 6.45) is 0. The third kappa shape index (κ3) is 4.27. The smallest absolute Gasteiger partial charge is 0.198 e. The Balaban J connectivity index is 2.04. The number of carbonyl (C=O) groups is 1. The van der Waals surface area contributed by atoms with Gasteiger partial charge in [0.25, 0.3) is 0 Å². The number of Topliss-reactive ketones (excluding diaryl/α,β-unsaturated/α-hetero) is 1. The van der Waals surface area contributed by atoms with E-state index in [1.165, 1.54) is 36.4 Å². The molecule has 0 amide bonds. The summed E-state index contributed by atoms with van der Waals surface area (Å²) >= 11 is 1.00. The van der Waals surface area contributed by atoms with Gasteiger partial charge >= 0.3 is 0 Å². The van der Waals surface area contributed by atoms with Crippen molar-refractivity contribution < 1.29 is 13.2 Å². The van der Waals surface area contributed by atoms with Crippen LogP contribution in [0.15, 0.2) is 94.7 Å². The van der Waals surface area contributed by atoms with Gasteiger partial charge in [0.1, 0.15) is 0 Å². The van der Waals surface area contributed by atoms with Gasteiger partial charge in [-0.25, -0.2) is 8.42 Å². The minimum absolute atomic E-state index is 0.0976. The zero-order valence-electron chi connectivity index (χ0n) is 14.1. The van der Waals surface area contributed by atoms with Crippen molar-refractivity contribution in [2.75, 3.05) is 0 Å². The molecule has 0 aliphatic heterocycles. The third-order valence-corrected chi connectivity index (χ3v) is 7.58. The molecule has 0 radical (unpaired) electrons. The number of rotatable bonds is 6. The summed E-state index contributed by atoms with van der Waals surface area (Å²) in [4.78, 5) is 13.9. The SMILES string of the molecule is N#Cc1ccc(C(=O)C(Sc2ccccc2)S(=O)(=O)c2ccccc2)cc1. The first-order valence-electron chi connectivity index (χ1n) is 8.07.